The zero-order valence-corrected chi connectivity index (χ0v) is 9.95. The highest BCUT2D eigenvalue weighted by molar-refractivity contribution is 5.06. The van der Waals surface area contributed by atoms with E-state index in [0.29, 0.717) is 0 Å². The number of aromatic nitrogens is 1. The van der Waals surface area contributed by atoms with Gasteiger partial charge in [-0.25, -0.2) is 0 Å². The number of aliphatic hydroxyl groups excluding tert-OH is 1. The second kappa shape index (κ2) is 5.33. The molecule has 0 unspecified atom stereocenters. The van der Waals surface area contributed by atoms with Crippen LogP contribution in [0.3, 0.4) is 0 Å². The van der Waals surface area contributed by atoms with E-state index in [1.54, 1.807) is 0 Å². The van der Waals surface area contributed by atoms with Gasteiger partial charge < -0.3 is 15.0 Å². The summed E-state index contributed by atoms with van der Waals surface area (Å²) in [5, 5.41) is 12.5. The lowest BCUT2D eigenvalue weighted by Crippen LogP contribution is -2.32. The van der Waals surface area contributed by atoms with E-state index in [-0.39, 0.29) is 12.0 Å². The molecule has 0 aliphatic heterocycles. The van der Waals surface area contributed by atoms with Crippen LogP contribution in [0.1, 0.15) is 26.5 Å². The Kier molecular flexibility index (Phi) is 4.36. The highest BCUT2D eigenvalue weighted by atomic mass is 16.3. The maximum Gasteiger partial charge on any atom is 0.0494 e. The van der Waals surface area contributed by atoms with Gasteiger partial charge in [0.25, 0.3) is 0 Å². The van der Waals surface area contributed by atoms with Crippen LogP contribution >= 0.6 is 0 Å². The lowest BCUT2D eigenvalue weighted by molar-refractivity contribution is 0.156. The Hall–Kier alpha value is -0.800. The van der Waals surface area contributed by atoms with Gasteiger partial charge in [-0.1, -0.05) is 13.8 Å². The minimum absolute atomic E-state index is 0.0381. The molecule has 3 heteroatoms. The summed E-state index contributed by atoms with van der Waals surface area (Å²) in [7, 11) is 0. The van der Waals surface area contributed by atoms with Crippen LogP contribution in [0.2, 0.25) is 0 Å². The molecule has 0 aliphatic carbocycles. The summed E-state index contributed by atoms with van der Waals surface area (Å²) >= 11 is 0. The quantitative estimate of drug-likeness (QED) is 0.748. The summed E-state index contributed by atoms with van der Waals surface area (Å²) in [6.45, 7) is 9.17. The van der Waals surface area contributed by atoms with Crippen molar-refractivity contribution in [3.63, 3.8) is 0 Å². The summed E-state index contributed by atoms with van der Waals surface area (Å²) < 4.78 is 2.22. The minimum Gasteiger partial charge on any atom is -0.396 e. The Balaban J connectivity index is 2.38. The number of nitrogens with zero attached hydrogens (tertiary/aromatic N) is 1. The normalized spacial score (nSPS) is 12.0. The van der Waals surface area contributed by atoms with Crippen molar-refractivity contribution in [2.24, 2.45) is 5.41 Å². The molecule has 86 valence electrons. The van der Waals surface area contributed by atoms with E-state index < -0.39 is 0 Å². The first-order valence-electron chi connectivity index (χ1n) is 5.54. The molecule has 0 saturated carbocycles. The third-order valence-corrected chi connectivity index (χ3v) is 2.60. The van der Waals surface area contributed by atoms with E-state index in [0.717, 1.165) is 19.6 Å². The fourth-order valence-corrected chi connectivity index (χ4v) is 1.50. The van der Waals surface area contributed by atoms with Crippen molar-refractivity contribution < 1.29 is 5.11 Å². The van der Waals surface area contributed by atoms with Gasteiger partial charge in [0.2, 0.25) is 0 Å². The molecule has 1 rings (SSSR count). The Bertz CT molecular complexity index is 292. The van der Waals surface area contributed by atoms with Gasteiger partial charge in [0.1, 0.15) is 0 Å². The molecule has 0 aromatic carbocycles. The summed E-state index contributed by atoms with van der Waals surface area (Å²) in [6.07, 6.45) is 2.09. The number of aryl methyl sites for hydroxylation is 1. The van der Waals surface area contributed by atoms with Gasteiger partial charge in [0.05, 0.1) is 0 Å². The molecular weight excluding hydrogens is 188 g/mol. The third kappa shape index (κ3) is 3.68. The molecule has 1 heterocycles. The highest BCUT2D eigenvalue weighted by Gasteiger charge is 2.15. The summed E-state index contributed by atoms with van der Waals surface area (Å²) in [5.41, 5.74) is 1.26. The zero-order chi connectivity index (χ0) is 11.3. The SMILES string of the molecule is CCn1cccc1CNCC(C)(C)CO. The largest absolute Gasteiger partial charge is 0.396 e. The average molecular weight is 210 g/mol. The second-order valence-corrected chi connectivity index (χ2v) is 4.71. The van der Waals surface area contributed by atoms with Crippen LogP contribution in [0.25, 0.3) is 0 Å². The van der Waals surface area contributed by atoms with E-state index in [1.165, 1.54) is 5.69 Å². The predicted octanol–water partition coefficient (Wildman–Crippen LogP) is 1.62. The van der Waals surface area contributed by atoms with Crippen LogP contribution in [0.4, 0.5) is 0 Å². The first-order valence-corrected chi connectivity index (χ1v) is 5.54. The molecule has 0 radical (unpaired) electrons. The minimum atomic E-state index is -0.0381. The highest BCUT2D eigenvalue weighted by Crippen LogP contribution is 2.11. The van der Waals surface area contributed by atoms with Gasteiger partial charge >= 0.3 is 0 Å². The lowest BCUT2D eigenvalue weighted by atomic mass is 9.95. The standard InChI is InChI=1S/C12H22N2O/c1-4-14-7-5-6-11(14)8-13-9-12(2,3)10-15/h5-7,13,15H,4,8-10H2,1-3H3. The molecule has 0 fully saturated rings. The Morgan fingerprint density at radius 2 is 2.20 bits per heavy atom. The molecule has 1 aromatic heterocycles. The van der Waals surface area contributed by atoms with Crippen molar-refractivity contribution in [2.45, 2.75) is 33.9 Å². The van der Waals surface area contributed by atoms with Crippen molar-refractivity contribution in [3.05, 3.63) is 24.0 Å². The predicted molar refractivity (Wildman–Crippen MR) is 62.7 cm³/mol. The summed E-state index contributed by atoms with van der Waals surface area (Å²) in [5.74, 6) is 0. The van der Waals surface area contributed by atoms with Crippen LogP contribution < -0.4 is 5.32 Å². The Morgan fingerprint density at radius 1 is 1.47 bits per heavy atom. The van der Waals surface area contributed by atoms with E-state index >= 15 is 0 Å². The van der Waals surface area contributed by atoms with Crippen LogP contribution in [0.15, 0.2) is 18.3 Å². The average Bonchev–Trinajstić information content (AvgIpc) is 2.65. The monoisotopic (exact) mass is 210 g/mol. The molecule has 0 atom stereocenters. The first-order chi connectivity index (χ1) is 7.09. The van der Waals surface area contributed by atoms with Crippen LogP contribution in [-0.2, 0) is 13.1 Å². The van der Waals surface area contributed by atoms with Gasteiger partial charge in [-0.15, -0.1) is 0 Å². The molecule has 0 amide bonds. The molecule has 1 aromatic rings. The van der Waals surface area contributed by atoms with Crippen LogP contribution in [0, 0.1) is 5.41 Å². The smallest absolute Gasteiger partial charge is 0.0494 e. The fourth-order valence-electron chi connectivity index (χ4n) is 1.50. The topological polar surface area (TPSA) is 37.2 Å². The van der Waals surface area contributed by atoms with Gasteiger partial charge in [0.15, 0.2) is 0 Å². The van der Waals surface area contributed by atoms with Crippen molar-refractivity contribution in [1.82, 2.24) is 9.88 Å². The van der Waals surface area contributed by atoms with Gasteiger partial charge in [-0.2, -0.15) is 0 Å². The maximum absolute atomic E-state index is 9.11. The second-order valence-electron chi connectivity index (χ2n) is 4.71. The van der Waals surface area contributed by atoms with Gasteiger partial charge in [-0.05, 0) is 19.1 Å². The molecule has 0 bridgehead atoms. The Morgan fingerprint density at radius 3 is 2.80 bits per heavy atom. The summed E-state index contributed by atoms with van der Waals surface area (Å²) in [6, 6.07) is 4.19. The van der Waals surface area contributed by atoms with Crippen molar-refractivity contribution in [1.29, 1.82) is 0 Å². The van der Waals surface area contributed by atoms with E-state index in [4.69, 9.17) is 5.11 Å². The number of hydrogen-bond donors (Lipinski definition) is 2. The van der Waals surface area contributed by atoms with E-state index in [2.05, 4.69) is 49.0 Å². The molecular formula is C12H22N2O. The molecule has 3 nitrogen and oxygen atoms in total. The molecule has 0 spiro atoms. The third-order valence-electron chi connectivity index (χ3n) is 2.60. The molecule has 0 aliphatic rings. The maximum atomic E-state index is 9.11. The number of nitrogens with one attached hydrogen (secondary N) is 1. The molecule has 0 saturated heterocycles. The number of aliphatic hydroxyl groups is 1. The Labute approximate surface area is 92.1 Å². The summed E-state index contributed by atoms with van der Waals surface area (Å²) in [4.78, 5) is 0. The van der Waals surface area contributed by atoms with Crippen LogP contribution in [0.5, 0.6) is 0 Å². The van der Waals surface area contributed by atoms with Gasteiger partial charge in [0, 0.05) is 43.5 Å². The van der Waals surface area contributed by atoms with Gasteiger partial charge in [-0.3, -0.25) is 0 Å². The molecule has 15 heavy (non-hydrogen) atoms. The van der Waals surface area contributed by atoms with E-state index in [9.17, 15) is 0 Å². The molecule has 2 N–H and O–H groups in total. The van der Waals surface area contributed by atoms with E-state index in [1.807, 2.05) is 0 Å². The zero-order valence-electron chi connectivity index (χ0n) is 9.95. The first kappa shape index (κ1) is 12.3. The van der Waals surface area contributed by atoms with Crippen molar-refractivity contribution in [2.75, 3.05) is 13.2 Å². The van der Waals surface area contributed by atoms with Crippen molar-refractivity contribution >= 4 is 0 Å². The van der Waals surface area contributed by atoms with Crippen LogP contribution in [-0.4, -0.2) is 22.8 Å². The van der Waals surface area contributed by atoms with Crippen molar-refractivity contribution in [3.8, 4) is 0 Å². The fraction of sp³-hybridized carbons (Fsp3) is 0.667. The number of hydrogen-bond acceptors (Lipinski definition) is 2. The number of rotatable bonds is 6. The lowest BCUT2D eigenvalue weighted by Gasteiger charge is -2.22.